The number of para-hydroxylation sites is 2. The molecule has 5 rings (SSSR count). The van der Waals surface area contributed by atoms with Crippen LogP contribution in [-0.4, -0.2) is 43.7 Å². The van der Waals surface area contributed by atoms with Gasteiger partial charge in [-0.3, -0.25) is 9.69 Å². The first-order chi connectivity index (χ1) is 15.1. The second-order valence-corrected chi connectivity index (χ2v) is 9.37. The standard InChI is InChI=1S/C25H31N3O3/c29-24-23(25(30)31)26-21-13-6-7-14-22(21)28(24)20-15-18-11-8-12-19(16-20)27(18)17-9-4-2-1-3-5-10-17/h4,6-7,9,13-14,17-20H,1-3,5,8,10-12,15-16H2,(H,30,31)/b9-4-/t17?,18-,19+,20+. The molecule has 164 valence electrons. The van der Waals surface area contributed by atoms with Crippen molar-refractivity contribution in [3.8, 4) is 0 Å². The number of carboxylic acids is 1. The lowest BCUT2D eigenvalue weighted by Crippen LogP contribution is -2.56. The highest BCUT2D eigenvalue weighted by molar-refractivity contribution is 5.88. The van der Waals surface area contributed by atoms with E-state index in [-0.39, 0.29) is 11.7 Å². The van der Waals surface area contributed by atoms with Gasteiger partial charge in [0.2, 0.25) is 5.69 Å². The van der Waals surface area contributed by atoms with Crippen molar-refractivity contribution in [2.75, 3.05) is 0 Å². The zero-order chi connectivity index (χ0) is 21.4. The lowest BCUT2D eigenvalue weighted by molar-refractivity contribution is -0.00666. The molecule has 6 nitrogen and oxygen atoms in total. The van der Waals surface area contributed by atoms with Crippen LogP contribution in [0.4, 0.5) is 0 Å². The summed E-state index contributed by atoms with van der Waals surface area (Å²) in [6, 6.07) is 8.84. The van der Waals surface area contributed by atoms with Gasteiger partial charge in [0, 0.05) is 24.2 Å². The monoisotopic (exact) mass is 421 g/mol. The number of fused-ring (bicyclic) bond motifs is 3. The molecule has 4 atom stereocenters. The van der Waals surface area contributed by atoms with Gasteiger partial charge in [-0.1, -0.05) is 43.5 Å². The largest absolute Gasteiger partial charge is 0.476 e. The van der Waals surface area contributed by atoms with Gasteiger partial charge in [-0.05, 0) is 57.1 Å². The van der Waals surface area contributed by atoms with Crippen LogP contribution in [0.5, 0.6) is 0 Å². The second-order valence-electron chi connectivity index (χ2n) is 9.37. The Bertz CT molecular complexity index is 1050. The summed E-state index contributed by atoms with van der Waals surface area (Å²) in [5.41, 5.74) is 0.498. The molecule has 0 spiro atoms. The van der Waals surface area contributed by atoms with E-state index in [4.69, 9.17) is 0 Å². The van der Waals surface area contributed by atoms with Gasteiger partial charge in [-0.2, -0.15) is 0 Å². The van der Waals surface area contributed by atoms with Crippen molar-refractivity contribution in [1.29, 1.82) is 0 Å². The zero-order valence-corrected chi connectivity index (χ0v) is 17.9. The third kappa shape index (κ3) is 3.82. The molecule has 1 N–H and O–H groups in total. The van der Waals surface area contributed by atoms with Crippen molar-refractivity contribution in [3.05, 3.63) is 52.5 Å². The third-order valence-corrected chi connectivity index (χ3v) is 7.48. The summed E-state index contributed by atoms with van der Waals surface area (Å²) < 4.78 is 1.75. The van der Waals surface area contributed by atoms with Crippen LogP contribution in [0.3, 0.4) is 0 Å². The SMILES string of the molecule is O=C(O)c1nc2ccccc2n([C@H]2C[C@H]3CCC[C@@H](C2)N3C2/C=C\CCCCC2)c1=O. The van der Waals surface area contributed by atoms with Crippen LogP contribution in [0.1, 0.15) is 80.7 Å². The summed E-state index contributed by atoms with van der Waals surface area (Å²) in [6.45, 7) is 0. The van der Waals surface area contributed by atoms with Crippen LogP contribution in [0.25, 0.3) is 11.0 Å². The van der Waals surface area contributed by atoms with E-state index in [0.29, 0.717) is 23.6 Å². The third-order valence-electron chi connectivity index (χ3n) is 7.48. The first-order valence-corrected chi connectivity index (χ1v) is 11.8. The maximum absolute atomic E-state index is 13.2. The van der Waals surface area contributed by atoms with Crippen LogP contribution >= 0.6 is 0 Å². The minimum Gasteiger partial charge on any atom is -0.476 e. The summed E-state index contributed by atoms with van der Waals surface area (Å²) in [7, 11) is 0. The lowest BCUT2D eigenvalue weighted by atomic mass is 9.79. The smallest absolute Gasteiger partial charge is 0.360 e. The number of carbonyl (C=O) groups is 1. The Morgan fingerprint density at radius 2 is 1.74 bits per heavy atom. The first-order valence-electron chi connectivity index (χ1n) is 11.8. The molecular weight excluding hydrogens is 390 g/mol. The van der Waals surface area contributed by atoms with Gasteiger partial charge in [0.25, 0.3) is 5.56 Å². The quantitative estimate of drug-likeness (QED) is 0.737. The number of hydrogen-bond donors (Lipinski definition) is 1. The molecule has 2 aromatic rings. The molecule has 3 heterocycles. The molecular formula is C25H31N3O3. The Morgan fingerprint density at radius 1 is 0.968 bits per heavy atom. The first kappa shape index (κ1) is 20.4. The van der Waals surface area contributed by atoms with Gasteiger partial charge in [0.1, 0.15) is 0 Å². The van der Waals surface area contributed by atoms with Crippen LogP contribution in [-0.2, 0) is 0 Å². The summed E-state index contributed by atoms with van der Waals surface area (Å²) in [5, 5.41) is 9.58. The molecule has 31 heavy (non-hydrogen) atoms. The number of hydrogen-bond acceptors (Lipinski definition) is 4. The predicted molar refractivity (Wildman–Crippen MR) is 121 cm³/mol. The molecule has 3 aliphatic rings. The molecule has 0 radical (unpaired) electrons. The van der Waals surface area contributed by atoms with Gasteiger partial charge in [-0.15, -0.1) is 0 Å². The van der Waals surface area contributed by atoms with E-state index in [0.717, 1.165) is 31.2 Å². The Labute approximate surface area is 182 Å². The number of aromatic carboxylic acids is 1. The van der Waals surface area contributed by atoms with E-state index in [1.807, 2.05) is 18.2 Å². The highest BCUT2D eigenvalue weighted by Gasteiger charge is 2.42. The number of nitrogens with zero attached hydrogens (tertiary/aromatic N) is 3. The zero-order valence-electron chi connectivity index (χ0n) is 17.9. The molecule has 0 saturated carbocycles. The molecule has 6 heteroatoms. The van der Waals surface area contributed by atoms with E-state index < -0.39 is 11.5 Å². The highest BCUT2D eigenvalue weighted by Crippen LogP contribution is 2.42. The molecule has 1 aromatic heterocycles. The number of benzene rings is 1. The second kappa shape index (κ2) is 8.58. The molecule has 1 unspecified atom stereocenters. The van der Waals surface area contributed by atoms with E-state index in [1.165, 1.54) is 38.5 Å². The summed E-state index contributed by atoms with van der Waals surface area (Å²) in [5.74, 6) is -1.25. The van der Waals surface area contributed by atoms with Gasteiger partial charge in [-0.25, -0.2) is 9.78 Å². The number of carboxylic acid groups (broad SMARTS) is 1. The van der Waals surface area contributed by atoms with Gasteiger partial charge in [0.15, 0.2) is 0 Å². The van der Waals surface area contributed by atoms with E-state index in [2.05, 4.69) is 22.0 Å². The van der Waals surface area contributed by atoms with Crippen molar-refractivity contribution in [2.24, 2.45) is 0 Å². The topological polar surface area (TPSA) is 75.4 Å². The molecule has 1 aromatic carbocycles. The van der Waals surface area contributed by atoms with Crippen LogP contribution in [0, 0.1) is 0 Å². The lowest BCUT2D eigenvalue weighted by Gasteiger charge is -2.52. The Morgan fingerprint density at radius 3 is 2.52 bits per heavy atom. The van der Waals surface area contributed by atoms with Gasteiger partial charge in [0.05, 0.1) is 11.0 Å². The van der Waals surface area contributed by atoms with Crippen LogP contribution < -0.4 is 5.56 Å². The Hall–Kier alpha value is -2.47. The highest BCUT2D eigenvalue weighted by atomic mass is 16.4. The van der Waals surface area contributed by atoms with Crippen molar-refractivity contribution < 1.29 is 9.90 Å². The van der Waals surface area contributed by atoms with Crippen molar-refractivity contribution in [2.45, 2.75) is 88.4 Å². The predicted octanol–water partition coefficient (Wildman–Crippen LogP) is 4.54. The number of aromatic nitrogens is 2. The Balaban J connectivity index is 1.52. The summed E-state index contributed by atoms with van der Waals surface area (Å²) in [6.07, 6.45) is 16.4. The fraction of sp³-hybridized carbons (Fsp3) is 0.560. The number of rotatable bonds is 3. The minimum absolute atomic E-state index is 0.0163. The molecule has 2 fully saturated rings. The Kier molecular flexibility index (Phi) is 5.65. The van der Waals surface area contributed by atoms with E-state index in [9.17, 15) is 14.7 Å². The number of allylic oxidation sites excluding steroid dienone is 1. The fourth-order valence-corrected chi connectivity index (χ4v) is 6.19. The number of piperidine rings is 2. The summed E-state index contributed by atoms with van der Waals surface area (Å²) >= 11 is 0. The molecule has 0 amide bonds. The average molecular weight is 422 g/mol. The average Bonchev–Trinajstić information content (AvgIpc) is 2.72. The maximum atomic E-state index is 13.2. The van der Waals surface area contributed by atoms with E-state index >= 15 is 0 Å². The van der Waals surface area contributed by atoms with E-state index in [1.54, 1.807) is 10.6 Å². The van der Waals surface area contributed by atoms with Gasteiger partial charge >= 0.3 is 5.97 Å². The molecule has 2 saturated heterocycles. The van der Waals surface area contributed by atoms with Crippen LogP contribution in [0.2, 0.25) is 0 Å². The minimum atomic E-state index is -1.25. The fourth-order valence-electron chi connectivity index (χ4n) is 6.19. The van der Waals surface area contributed by atoms with Crippen LogP contribution in [0.15, 0.2) is 41.2 Å². The summed E-state index contributed by atoms with van der Waals surface area (Å²) in [4.78, 5) is 31.8. The normalized spacial score (nSPS) is 30.5. The molecule has 2 bridgehead atoms. The van der Waals surface area contributed by atoms with Gasteiger partial charge < -0.3 is 9.67 Å². The van der Waals surface area contributed by atoms with Crippen molar-refractivity contribution in [3.63, 3.8) is 0 Å². The molecule has 2 aliphatic heterocycles. The van der Waals surface area contributed by atoms with Crippen molar-refractivity contribution >= 4 is 17.0 Å². The maximum Gasteiger partial charge on any atom is 0.360 e. The molecule has 1 aliphatic carbocycles. The van der Waals surface area contributed by atoms with Crippen molar-refractivity contribution in [1.82, 2.24) is 14.5 Å².